The molecule has 1 atom stereocenters. The second kappa shape index (κ2) is 4.28. The smallest absolute Gasteiger partial charge is 0.125 e. The van der Waals surface area contributed by atoms with Crippen molar-refractivity contribution in [2.24, 2.45) is 0 Å². The lowest BCUT2D eigenvalue weighted by Gasteiger charge is -2.15. The summed E-state index contributed by atoms with van der Waals surface area (Å²) in [6, 6.07) is 5.94. The molecule has 3 nitrogen and oxygen atoms in total. The van der Waals surface area contributed by atoms with Gasteiger partial charge in [-0.3, -0.25) is 4.98 Å². The van der Waals surface area contributed by atoms with Crippen molar-refractivity contribution in [3.05, 3.63) is 53.7 Å². The monoisotopic (exact) mass is 202 g/mol. The second-order valence-electron chi connectivity index (χ2n) is 3.47. The summed E-state index contributed by atoms with van der Waals surface area (Å²) in [5.74, 6) is 0.911. The predicted octanol–water partition coefficient (Wildman–Crippen LogP) is 2.29. The number of hydrogen-bond acceptors (Lipinski definition) is 3. The van der Waals surface area contributed by atoms with Crippen molar-refractivity contribution in [1.82, 2.24) is 10.3 Å². The van der Waals surface area contributed by atoms with E-state index in [1.165, 1.54) is 5.56 Å². The highest BCUT2D eigenvalue weighted by Crippen LogP contribution is 2.23. The normalized spacial score (nSPS) is 12.7. The number of furan rings is 1. The van der Waals surface area contributed by atoms with Gasteiger partial charge in [0, 0.05) is 12.4 Å². The molecule has 0 aliphatic rings. The highest BCUT2D eigenvalue weighted by atomic mass is 16.3. The molecule has 78 valence electrons. The highest BCUT2D eigenvalue weighted by molar-refractivity contribution is 5.30. The van der Waals surface area contributed by atoms with Crippen LogP contribution in [0.5, 0.6) is 0 Å². The van der Waals surface area contributed by atoms with Gasteiger partial charge in [0.1, 0.15) is 5.76 Å². The van der Waals surface area contributed by atoms with E-state index >= 15 is 0 Å². The van der Waals surface area contributed by atoms with E-state index in [2.05, 4.69) is 17.2 Å². The molecule has 1 unspecified atom stereocenters. The zero-order valence-corrected chi connectivity index (χ0v) is 8.90. The van der Waals surface area contributed by atoms with Crippen LogP contribution in [0.4, 0.5) is 0 Å². The highest BCUT2D eigenvalue weighted by Gasteiger charge is 2.16. The summed E-state index contributed by atoms with van der Waals surface area (Å²) in [6.07, 6.45) is 5.36. The second-order valence-corrected chi connectivity index (χ2v) is 3.47. The van der Waals surface area contributed by atoms with Crippen molar-refractivity contribution in [1.29, 1.82) is 0 Å². The average molecular weight is 202 g/mol. The summed E-state index contributed by atoms with van der Waals surface area (Å²) in [7, 11) is 1.92. The lowest BCUT2D eigenvalue weighted by atomic mass is 10.0. The van der Waals surface area contributed by atoms with Gasteiger partial charge in [0.2, 0.25) is 0 Å². The summed E-state index contributed by atoms with van der Waals surface area (Å²) >= 11 is 0. The Morgan fingerprint density at radius 2 is 2.27 bits per heavy atom. The van der Waals surface area contributed by atoms with E-state index in [-0.39, 0.29) is 6.04 Å². The fourth-order valence-electron chi connectivity index (χ4n) is 1.68. The molecule has 0 fully saturated rings. The maximum absolute atomic E-state index is 5.41. The molecule has 0 bridgehead atoms. The Balaban J connectivity index is 2.40. The third-order valence-electron chi connectivity index (χ3n) is 2.51. The van der Waals surface area contributed by atoms with E-state index in [1.54, 1.807) is 12.5 Å². The van der Waals surface area contributed by atoms with Gasteiger partial charge in [0.25, 0.3) is 0 Å². The van der Waals surface area contributed by atoms with Gasteiger partial charge in [-0.1, -0.05) is 0 Å². The zero-order valence-electron chi connectivity index (χ0n) is 8.90. The molecule has 0 radical (unpaired) electrons. The molecule has 1 N–H and O–H groups in total. The van der Waals surface area contributed by atoms with E-state index in [9.17, 15) is 0 Å². The van der Waals surface area contributed by atoms with Gasteiger partial charge in [0.15, 0.2) is 0 Å². The number of rotatable bonds is 3. The lowest BCUT2D eigenvalue weighted by molar-refractivity contribution is 0.462. The number of pyridine rings is 1. The first kappa shape index (κ1) is 9.93. The number of hydrogen-bond donors (Lipinski definition) is 1. The average Bonchev–Trinajstić information content (AvgIpc) is 2.75. The first-order valence-electron chi connectivity index (χ1n) is 4.94. The Kier molecular flexibility index (Phi) is 2.83. The van der Waals surface area contributed by atoms with E-state index in [1.807, 2.05) is 31.4 Å². The van der Waals surface area contributed by atoms with Crippen LogP contribution in [0, 0.1) is 6.92 Å². The van der Waals surface area contributed by atoms with E-state index in [0.717, 1.165) is 11.3 Å². The SMILES string of the molecule is CNC(c1ccco1)c1cnccc1C. The molecule has 15 heavy (non-hydrogen) atoms. The molecule has 0 saturated carbocycles. The maximum atomic E-state index is 5.41. The van der Waals surface area contributed by atoms with Crippen molar-refractivity contribution < 1.29 is 4.42 Å². The van der Waals surface area contributed by atoms with Gasteiger partial charge in [-0.2, -0.15) is 0 Å². The van der Waals surface area contributed by atoms with Crippen LogP contribution in [0.1, 0.15) is 22.9 Å². The first-order chi connectivity index (χ1) is 7.33. The molecule has 0 aliphatic carbocycles. The van der Waals surface area contributed by atoms with Crippen molar-refractivity contribution in [3.63, 3.8) is 0 Å². The van der Waals surface area contributed by atoms with Gasteiger partial charge >= 0.3 is 0 Å². The minimum Gasteiger partial charge on any atom is -0.467 e. The molecule has 2 rings (SSSR count). The van der Waals surface area contributed by atoms with Crippen LogP contribution in [0.25, 0.3) is 0 Å². The van der Waals surface area contributed by atoms with Gasteiger partial charge in [-0.15, -0.1) is 0 Å². The topological polar surface area (TPSA) is 38.1 Å². The fraction of sp³-hybridized carbons (Fsp3) is 0.250. The molecule has 3 heteroatoms. The molecule has 0 aliphatic heterocycles. The van der Waals surface area contributed by atoms with Crippen LogP contribution in [-0.2, 0) is 0 Å². The quantitative estimate of drug-likeness (QED) is 0.829. The van der Waals surface area contributed by atoms with Gasteiger partial charge in [-0.25, -0.2) is 0 Å². The molecule has 0 spiro atoms. The van der Waals surface area contributed by atoms with Crippen LogP contribution < -0.4 is 5.32 Å². The molecule has 2 aromatic rings. The number of nitrogens with one attached hydrogen (secondary N) is 1. The van der Waals surface area contributed by atoms with Gasteiger partial charge < -0.3 is 9.73 Å². The number of aryl methyl sites for hydroxylation is 1. The third-order valence-corrected chi connectivity index (χ3v) is 2.51. The first-order valence-corrected chi connectivity index (χ1v) is 4.94. The maximum Gasteiger partial charge on any atom is 0.125 e. The predicted molar refractivity (Wildman–Crippen MR) is 58.6 cm³/mol. The number of aromatic nitrogens is 1. The van der Waals surface area contributed by atoms with Crippen molar-refractivity contribution in [3.8, 4) is 0 Å². The summed E-state index contributed by atoms with van der Waals surface area (Å²) in [5.41, 5.74) is 2.36. The molecule has 0 amide bonds. The van der Waals surface area contributed by atoms with E-state index in [4.69, 9.17) is 4.42 Å². The summed E-state index contributed by atoms with van der Waals surface area (Å²) in [6.45, 7) is 2.07. The van der Waals surface area contributed by atoms with Crippen LogP contribution in [0.2, 0.25) is 0 Å². The lowest BCUT2D eigenvalue weighted by Crippen LogP contribution is -2.18. The molecule has 0 saturated heterocycles. The van der Waals surface area contributed by atoms with E-state index < -0.39 is 0 Å². The van der Waals surface area contributed by atoms with Crippen molar-refractivity contribution in [2.45, 2.75) is 13.0 Å². The van der Waals surface area contributed by atoms with Crippen LogP contribution in [-0.4, -0.2) is 12.0 Å². The molecule has 0 aromatic carbocycles. The molecule has 2 heterocycles. The Hall–Kier alpha value is -1.61. The fourth-order valence-corrected chi connectivity index (χ4v) is 1.68. The van der Waals surface area contributed by atoms with Crippen molar-refractivity contribution >= 4 is 0 Å². The third kappa shape index (κ3) is 1.92. The minimum atomic E-state index is 0.0775. The minimum absolute atomic E-state index is 0.0775. The van der Waals surface area contributed by atoms with Gasteiger partial charge in [0.05, 0.1) is 12.3 Å². The van der Waals surface area contributed by atoms with Crippen LogP contribution in [0.15, 0.2) is 41.3 Å². The molecular formula is C12H14N2O. The Labute approximate surface area is 89.1 Å². The zero-order chi connectivity index (χ0) is 10.7. The van der Waals surface area contributed by atoms with Crippen molar-refractivity contribution in [2.75, 3.05) is 7.05 Å². The van der Waals surface area contributed by atoms with Crippen LogP contribution in [0.3, 0.4) is 0 Å². The van der Waals surface area contributed by atoms with Crippen LogP contribution >= 0.6 is 0 Å². The Bertz CT molecular complexity index is 423. The molecule has 2 aromatic heterocycles. The standard InChI is InChI=1S/C12H14N2O/c1-9-5-6-14-8-10(9)12(13-2)11-4-3-7-15-11/h3-8,12-13H,1-2H3. The van der Waals surface area contributed by atoms with E-state index in [0.29, 0.717) is 0 Å². The summed E-state index contributed by atoms with van der Waals surface area (Å²) < 4.78 is 5.41. The van der Waals surface area contributed by atoms with Gasteiger partial charge in [-0.05, 0) is 43.3 Å². The largest absolute Gasteiger partial charge is 0.467 e. The summed E-state index contributed by atoms with van der Waals surface area (Å²) in [5, 5.41) is 3.23. The Morgan fingerprint density at radius 3 is 2.87 bits per heavy atom. The number of nitrogens with zero attached hydrogens (tertiary/aromatic N) is 1. The Morgan fingerprint density at radius 1 is 1.40 bits per heavy atom. The summed E-state index contributed by atoms with van der Waals surface area (Å²) in [4.78, 5) is 4.14. The molecular weight excluding hydrogens is 188 g/mol.